The number of imide groups is 1. The van der Waals surface area contributed by atoms with E-state index in [4.69, 9.17) is 0 Å². The Kier molecular flexibility index (Phi) is 3.82. The van der Waals surface area contributed by atoms with Crippen LogP contribution in [0.4, 0.5) is 0 Å². The Hall–Kier alpha value is -0.900. The molecule has 0 aromatic carbocycles. The molecule has 0 atom stereocenters. The summed E-state index contributed by atoms with van der Waals surface area (Å²) in [4.78, 5) is 25.6. The van der Waals surface area contributed by atoms with Crippen LogP contribution >= 0.6 is 0 Å². The van der Waals surface area contributed by atoms with Gasteiger partial charge in [0.1, 0.15) is 0 Å². The zero-order valence-electron chi connectivity index (χ0n) is 10.6. The first-order valence-corrected chi connectivity index (χ1v) is 6.75. The Morgan fingerprint density at radius 1 is 1.24 bits per heavy atom. The van der Waals surface area contributed by atoms with Crippen LogP contribution in [0.25, 0.3) is 0 Å². The van der Waals surface area contributed by atoms with Crippen LogP contribution in [0.3, 0.4) is 0 Å². The smallest absolute Gasteiger partial charge is 0.235 e. The van der Waals surface area contributed by atoms with Crippen LogP contribution in [0.5, 0.6) is 0 Å². The molecular formula is C13H22N2O2. The summed E-state index contributed by atoms with van der Waals surface area (Å²) in [6.45, 7) is 4.31. The summed E-state index contributed by atoms with van der Waals surface area (Å²) in [6, 6.07) is 0. The van der Waals surface area contributed by atoms with Crippen LogP contribution in [0.2, 0.25) is 0 Å². The lowest BCUT2D eigenvalue weighted by molar-refractivity contribution is -0.141. The minimum atomic E-state index is -0.304. The first-order valence-electron chi connectivity index (χ1n) is 6.75. The maximum atomic E-state index is 12.3. The molecule has 1 aliphatic carbocycles. The molecule has 4 heteroatoms. The Labute approximate surface area is 103 Å². The fraction of sp³-hybridized carbons (Fsp3) is 0.846. The standard InChI is InChI=1S/C13H22N2O2/c1-2-7-14-8-9-15-11(16)10-13(12(15)17)5-3-4-6-13/h14H,2-10H2,1H3. The van der Waals surface area contributed by atoms with E-state index in [-0.39, 0.29) is 17.2 Å². The second-order valence-electron chi connectivity index (χ2n) is 5.26. The molecule has 0 bridgehead atoms. The largest absolute Gasteiger partial charge is 0.315 e. The van der Waals surface area contributed by atoms with Crippen molar-refractivity contribution in [2.45, 2.75) is 45.4 Å². The highest BCUT2D eigenvalue weighted by atomic mass is 16.2. The van der Waals surface area contributed by atoms with Gasteiger partial charge >= 0.3 is 0 Å². The van der Waals surface area contributed by atoms with Crippen LogP contribution < -0.4 is 5.32 Å². The van der Waals surface area contributed by atoms with Gasteiger partial charge in [0.2, 0.25) is 11.8 Å². The van der Waals surface area contributed by atoms with Gasteiger partial charge in [-0.1, -0.05) is 19.8 Å². The molecule has 0 aromatic heterocycles. The van der Waals surface area contributed by atoms with Crippen LogP contribution in [-0.2, 0) is 9.59 Å². The number of nitrogens with zero attached hydrogens (tertiary/aromatic N) is 1. The van der Waals surface area contributed by atoms with E-state index in [1.807, 2.05) is 0 Å². The summed E-state index contributed by atoms with van der Waals surface area (Å²) in [5.74, 6) is 0.133. The molecule has 1 N–H and O–H groups in total. The molecule has 1 spiro atoms. The fourth-order valence-electron chi connectivity index (χ4n) is 3.02. The molecular weight excluding hydrogens is 216 g/mol. The van der Waals surface area contributed by atoms with Gasteiger partial charge in [0, 0.05) is 19.5 Å². The number of nitrogens with one attached hydrogen (secondary N) is 1. The van der Waals surface area contributed by atoms with E-state index in [1.54, 1.807) is 0 Å². The highest BCUT2D eigenvalue weighted by molar-refractivity contribution is 6.06. The van der Waals surface area contributed by atoms with E-state index in [2.05, 4.69) is 12.2 Å². The molecule has 1 saturated heterocycles. The maximum absolute atomic E-state index is 12.3. The van der Waals surface area contributed by atoms with Crippen molar-refractivity contribution in [1.29, 1.82) is 0 Å². The summed E-state index contributed by atoms with van der Waals surface area (Å²) in [6.07, 6.45) is 5.56. The molecule has 1 saturated carbocycles. The molecule has 2 rings (SSSR count). The summed E-state index contributed by atoms with van der Waals surface area (Å²) in [5, 5.41) is 3.24. The monoisotopic (exact) mass is 238 g/mol. The average molecular weight is 238 g/mol. The summed E-state index contributed by atoms with van der Waals surface area (Å²) < 4.78 is 0. The number of carbonyl (C=O) groups excluding carboxylic acids is 2. The van der Waals surface area contributed by atoms with Crippen molar-refractivity contribution >= 4 is 11.8 Å². The predicted octanol–water partition coefficient (Wildman–Crippen LogP) is 1.31. The topological polar surface area (TPSA) is 49.4 Å². The Bertz CT molecular complexity index is 309. The van der Waals surface area contributed by atoms with Crippen molar-refractivity contribution in [2.24, 2.45) is 5.41 Å². The first kappa shape index (κ1) is 12.6. The zero-order chi connectivity index (χ0) is 12.3. The number of likely N-dealkylation sites (tertiary alicyclic amines) is 1. The Morgan fingerprint density at radius 2 is 1.94 bits per heavy atom. The number of amides is 2. The SMILES string of the molecule is CCCNCCN1C(=O)CC2(CCCC2)C1=O. The van der Waals surface area contributed by atoms with Gasteiger partial charge in [0.05, 0.1) is 5.41 Å². The lowest BCUT2D eigenvalue weighted by Gasteiger charge is -2.20. The highest BCUT2D eigenvalue weighted by Gasteiger charge is 2.52. The molecule has 0 aromatic rings. The van der Waals surface area contributed by atoms with Crippen LogP contribution in [0.15, 0.2) is 0 Å². The van der Waals surface area contributed by atoms with Crippen molar-refractivity contribution < 1.29 is 9.59 Å². The van der Waals surface area contributed by atoms with Crippen LogP contribution in [0, 0.1) is 5.41 Å². The molecule has 0 unspecified atom stereocenters. The van der Waals surface area contributed by atoms with Crippen LogP contribution in [0.1, 0.15) is 45.4 Å². The van der Waals surface area contributed by atoms with Gasteiger partial charge in [0.25, 0.3) is 0 Å². The molecule has 0 radical (unpaired) electrons. The van der Waals surface area contributed by atoms with Crippen molar-refractivity contribution in [3.05, 3.63) is 0 Å². The lowest BCUT2D eigenvalue weighted by atomic mass is 9.84. The van der Waals surface area contributed by atoms with E-state index in [0.717, 1.165) is 45.2 Å². The number of rotatable bonds is 5. The molecule has 1 aliphatic heterocycles. The van der Waals surface area contributed by atoms with E-state index < -0.39 is 0 Å². The Balaban J connectivity index is 1.90. The quantitative estimate of drug-likeness (QED) is 0.580. The summed E-state index contributed by atoms with van der Waals surface area (Å²) in [5.41, 5.74) is -0.304. The predicted molar refractivity (Wildman–Crippen MR) is 65.4 cm³/mol. The second-order valence-corrected chi connectivity index (χ2v) is 5.26. The molecule has 4 nitrogen and oxygen atoms in total. The third-order valence-electron chi connectivity index (χ3n) is 3.99. The van der Waals surface area contributed by atoms with Gasteiger partial charge in [-0.3, -0.25) is 14.5 Å². The molecule has 2 aliphatic rings. The molecule has 2 amide bonds. The Morgan fingerprint density at radius 3 is 2.59 bits per heavy atom. The van der Waals surface area contributed by atoms with E-state index >= 15 is 0 Å². The third kappa shape index (κ3) is 2.37. The van der Waals surface area contributed by atoms with Gasteiger partial charge in [0.15, 0.2) is 0 Å². The molecule has 2 fully saturated rings. The highest BCUT2D eigenvalue weighted by Crippen LogP contribution is 2.46. The number of carbonyl (C=O) groups is 2. The lowest BCUT2D eigenvalue weighted by Crippen LogP contribution is -2.39. The normalized spacial score (nSPS) is 23.0. The summed E-state index contributed by atoms with van der Waals surface area (Å²) >= 11 is 0. The van der Waals surface area contributed by atoms with Gasteiger partial charge in [-0.2, -0.15) is 0 Å². The average Bonchev–Trinajstić information content (AvgIpc) is 2.85. The van der Waals surface area contributed by atoms with E-state index in [1.165, 1.54) is 4.90 Å². The second kappa shape index (κ2) is 5.17. The van der Waals surface area contributed by atoms with Crippen molar-refractivity contribution in [2.75, 3.05) is 19.6 Å². The minimum Gasteiger partial charge on any atom is -0.315 e. The maximum Gasteiger partial charge on any atom is 0.235 e. The molecule has 96 valence electrons. The first-order chi connectivity index (χ1) is 8.19. The van der Waals surface area contributed by atoms with Crippen molar-refractivity contribution in [3.8, 4) is 0 Å². The number of hydrogen-bond acceptors (Lipinski definition) is 3. The minimum absolute atomic E-state index is 0.0372. The van der Waals surface area contributed by atoms with Gasteiger partial charge in [-0.15, -0.1) is 0 Å². The van der Waals surface area contributed by atoms with Gasteiger partial charge in [-0.25, -0.2) is 0 Å². The van der Waals surface area contributed by atoms with Crippen molar-refractivity contribution in [1.82, 2.24) is 10.2 Å². The van der Waals surface area contributed by atoms with Gasteiger partial charge < -0.3 is 5.32 Å². The number of hydrogen-bond donors (Lipinski definition) is 1. The molecule has 1 heterocycles. The van der Waals surface area contributed by atoms with Gasteiger partial charge in [-0.05, 0) is 25.8 Å². The van der Waals surface area contributed by atoms with Crippen LogP contribution in [-0.4, -0.2) is 36.3 Å². The fourth-order valence-corrected chi connectivity index (χ4v) is 3.02. The van der Waals surface area contributed by atoms with E-state index in [0.29, 0.717) is 13.0 Å². The zero-order valence-corrected chi connectivity index (χ0v) is 10.6. The summed E-state index contributed by atoms with van der Waals surface area (Å²) in [7, 11) is 0. The third-order valence-corrected chi connectivity index (χ3v) is 3.99. The van der Waals surface area contributed by atoms with E-state index in [9.17, 15) is 9.59 Å². The molecule has 17 heavy (non-hydrogen) atoms. The van der Waals surface area contributed by atoms with Crippen molar-refractivity contribution in [3.63, 3.8) is 0 Å².